The van der Waals surface area contributed by atoms with Gasteiger partial charge in [0.25, 0.3) is 0 Å². The standard InChI is InChI=1S/C18H27BrN2/c1-14(20)16-13-15(19)5-6-17(16)21-11-9-18(10-12-21)7-3-2-4-8-18/h5-6,13-14H,2-4,7-12,20H2,1H3. The predicted molar refractivity (Wildman–Crippen MR) is 93.7 cm³/mol. The molecule has 1 aliphatic heterocycles. The quantitative estimate of drug-likeness (QED) is 0.811. The molecule has 0 bridgehead atoms. The van der Waals surface area contributed by atoms with Gasteiger partial charge >= 0.3 is 0 Å². The third kappa shape index (κ3) is 3.29. The lowest BCUT2D eigenvalue weighted by Crippen LogP contribution is -2.41. The maximum absolute atomic E-state index is 6.18. The van der Waals surface area contributed by atoms with Gasteiger partial charge in [0, 0.05) is 29.3 Å². The van der Waals surface area contributed by atoms with Gasteiger partial charge in [-0.25, -0.2) is 0 Å². The first-order valence-corrected chi connectivity index (χ1v) is 9.19. The fraction of sp³-hybridized carbons (Fsp3) is 0.667. The van der Waals surface area contributed by atoms with E-state index in [-0.39, 0.29) is 6.04 Å². The molecule has 1 aliphatic carbocycles. The van der Waals surface area contributed by atoms with Gasteiger partial charge in [-0.1, -0.05) is 35.2 Å². The van der Waals surface area contributed by atoms with E-state index in [1.165, 1.54) is 69.3 Å². The van der Waals surface area contributed by atoms with Crippen LogP contribution in [0.1, 0.15) is 63.5 Å². The number of nitrogens with two attached hydrogens (primary N) is 1. The Balaban J connectivity index is 1.75. The summed E-state index contributed by atoms with van der Waals surface area (Å²) >= 11 is 3.57. The van der Waals surface area contributed by atoms with Crippen molar-refractivity contribution >= 4 is 21.6 Å². The number of halogens is 1. The molecule has 3 heteroatoms. The lowest BCUT2D eigenvalue weighted by Gasteiger charge is -2.45. The summed E-state index contributed by atoms with van der Waals surface area (Å²) in [4.78, 5) is 2.56. The van der Waals surface area contributed by atoms with Crippen molar-refractivity contribution in [3.63, 3.8) is 0 Å². The second kappa shape index (κ2) is 6.29. The van der Waals surface area contributed by atoms with Crippen LogP contribution in [0.15, 0.2) is 22.7 Å². The minimum atomic E-state index is 0.0862. The van der Waals surface area contributed by atoms with Crippen LogP contribution in [0.4, 0.5) is 5.69 Å². The zero-order valence-electron chi connectivity index (χ0n) is 13.1. The number of rotatable bonds is 2. The second-order valence-corrected chi connectivity index (χ2v) is 7.96. The number of nitrogens with zero attached hydrogens (tertiary/aromatic N) is 1. The van der Waals surface area contributed by atoms with Crippen LogP contribution in [0.5, 0.6) is 0 Å². The van der Waals surface area contributed by atoms with Gasteiger partial charge in [-0.2, -0.15) is 0 Å². The van der Waals surface area contributed by atoms with E-state index in [1.54, 1.807) is 0 Å². The maximum Gasteiger partial charge on any atom is 0.0415 e. The lowest BCUT2D eigenvalue weighted by atomic mass is 9.68. The molecule has 1 aromatic rings. The van der Waals surface area contributed by atoms with Crippen molar-refractivity contribution in [3.8, 4) is 0 Å². The van der Waals surface area contributed by atoms with E-state index in [0.29, 0.717) is 5.41 Å². The molecule has 2 N–H and O–H groups in total. The molecule has 1 aromatic carbocycles. The molecule has 2 fully saturated rings. The van der Waals surface area contributed by atoms with Gasteiger partial charge < -0.3 is 10.6 Å². The third-order valence-corrected chi connectivity index (χ3v) is 6.05. The minimum Gasteiger partial charge on any atom is -0.371 e. The minimum absolute atomic E-state index is 0.0862. The molecule has 1 spiro atoms. The Hall–Kier alpha value is -0.540. The van der Waals surface area contributed by atoms with Crippen LogP contribution >= 0.6 is 15.9 Å². The number of hydrogen-bond acceptors (Lipinski definition) is 2. The molecule has 1 unspecified atom stereocenters. The summed E-state index contributed by atoms with van der Waals surface area (Å²) in [5, 5.41) is 0. The molecule has 0 amide bonds. The average Bonchev–Trinajstić information content (AvgIpc) is 2.49. The topological polar surface area (TPSA) is 29.3 Å². The summed E-state index contributed by atoms with van der Waals surface area (Å²) < 4.78 is 1.12. The highest BCUT2D eigenvalue weighted by Gasteiger charge is 2.35. The van der Waals surface area contributed by atoms with Gasteiger partial charge in [0.15, 0.2) is 0 Å². The van der Waals surface area contributed by atoms with Crippen molar-refractivity contribution in [1.82, 2.24) is 0 Å². The molecular weight excluding hydrogens is 324 g/mol. The largest absolute Gasteiger partial charge is 0.371 e. The molecule has 2 nitrogen and oxygen atoms in total. The van der Waals surface area contributed by atoms with Crippen molar-refractivity contribution in [2.75, 3.05) is 18.0 Å². The van der Waals surface area contributed by atoms with Crippen LogP contribution in [-0.4, -0.2) is 13.1 Å². The molecule has 1 heterocycles. The Morgan fingerprint density at radius 2 is 1.76 bits per heavy atom. The van der Waals surface area contributed by atoms with Crippen molar-refractivity contribution < 1.29 is 0 Å². The number of anilines is 1. The van der Waals surface area contributed by atoms with Crippen LogP contribution in [-0.2, 0) is 0 Å². The van der Waals surface area contributed by atoms with Crippen molar-refractivity contribution in [1.29, 1.82) is 0 Å². The summed E-state index contributed by atoms with van der Waals surface area (Å²) in [5.41, 5.74) is 9.46. The monoisotopic (exact) mass is 350 g/mol. The van der Waals surface area contributed by atoms with E-state index in [9.17, 15) is 0 Å². The average molecular weight is 351 g/mol. The first kappa shape index (κ1) is 15.4. The number of benzene rings is 1. The summed E-state index contributed by atoms with van der Waals surface area (Å²) in [6.07, 6.45) is 9.99. The fourth-order valence-electron chi connectivity index (χ4n) is 4.20. The maximum atomic E-state index is 6.18. The van der Waals surface area contributed by atoms with E-state index in [2.05, 4.69) is 46.0 Å². The molecule has 21 heavy (non-hydrogen) atoms. The lowest BCUT2D eigenvalue weighted by molar-refractivity contribution is 0.144. The van der Waals surface area contributed by atoms with Gasteiger partial charge in [0.05, 0.1) is 0 Å². The summed E-state index contributed by atoms with van der Waals surface area (Å²) in [6, 6.07) is 6.65. The molecule has 0 radical (unpaired) electrons. The van der Waals surface area contributed by atoms with Gasteiger partial charge in [-0.3, -0.25) is 0 Å². The molecular formula is C18H27BrN2. The first-order chi connectivity index (χ1) is 10.1. The van der Waals surface area contributed by atoms with Crippen LogP contribution < -0.4 is 10.6 Å². The zero-order chi connectivity index (χ0) is 14.9. The van der Waals surface area contributed by atoms with Crippen molar-refractivity contribution in [3.05, 3.63) is 28.2 Å². The molecule has 1 saturated carbocycles. The highest BCUT2D eigenvalue weighted by Crippen LogP contribution is 2.45. The first-order valence-electron chi connectivity index (χ1n) is 8.40. The third-order valence-electron chi connectivity index (χ3n) is 5.56. The van der Waals surface area contributed by atoms with E-state index < -0.39 is 0 Å². The Morgan fingerprint density at radius 1 is 1.10 bits per heavy atom. The Kier molecular flexibility index (Phi) is 4.60. The summed E-state index contributed by atoms with van der Waals surface area (Å²) in [7, 11) is 0. The second-order valence-electron chi connectivity index (χ2n) is 7.04. The fourth-order valence-corrected chi connectivity index (χ4v) is 4.58. The highest BCUT2D eigenvalue weighted by molar-refractivity contribution is 9.10. The Labute approximate surface area is 137 Å². The zero-order valence-corrected chi connectivity index (χ0v) is 14.7. The SMILES string of the molecule is CC(N)c1cc(Br)ccc1N1CCC2(CCCCC2)CC1. The van der Waals surface area contributed by atoms with Gasteiger partial charge in [0.2, 0.25) is 0 Å². The van der Waals surface area contributed by atoms with Crippen LogP contribution in [0.2, 0.25) is 0 Å². The van der Waals surface area contributed by atoms with Crippen molar-refractivity contribution in [2.45, 2.75) is 57.9 Å². The molecule has 1 saturated heterocycles. The molecule has 2 aliphatic rings. The van der Waals surface area contributed by atoms with Crippen LogP contribution in [0.3, 0.4) is 0 Å². The highest BCUT2D eigenvalue weighted by atomic mass is 79.9. The Bertz CT molecular complexity index is 482. The summed E-state index contributed by atoms with van der Waals surface area (Å²) in [5.74, 6) is 0. The van der Waals surface area contributed by atoms with Crippen LogP contribution in [0, 0.1) is 5.41 Å². The van der Waals surface area contributed by atoms with Crippen molar-refractivity contribution in [2.24, 2.45) is 11.1 Å². The van der Waals surface area contributed by atoms with E-state index in [0.717, 1.165) is 4.47 Å². The molecule has 1 atom stereocenters. The summed E-state index contributed by atoms with van der Waals surface area (Å²) in [6.45, 7) is 4.47. The van der Waals surface area contributed by atoms with E-state index in [1.807, 2.05) is 0 Å². The van der Waals surface area contributed by atoms with Gasteiger partial charge in [0.1, 0.15) is 0 Å². The van der Waals surface area contributed by atoms with Gasteiger partial charge in [-0.05, 0) is 61.8 Å². The van der Waals surface area contributed by atoms with E-state index >= 15 is 0 Å². The number of piperidine rings is 1. The molecule has 0 aromatic heterocycles. The van der Waals surface area contributed by atoms with E-state index in [4.69, 9.17) is 5.73 Å². The molecule has 116 valence electrons. The normalized spacial score (nSPS) is 23.3. The predicted octanol–water partition coefficient (Wildman–Crippen LogP) is 5.02. The Morgan fingerprint density at radius 3 is 2.38 bits per heavy atom. The smallest absolute Gasteiger partial charge is 0.0415 e. The van der Waals surface area contributed by atoms with Gasteiger partial charge in [-0.15, -0.1) is 0 Å². The van der Waals surface area contributed by atoms with Crippen LogP contribution in [0.25, 0.3) is 0 Å². The number of hydrogen-bond donors (Lipinski definition) is 1. The molecule has 3 rings (SSSR count).